The van der Waals surface area contributed by atoms with Crippen LogP contribution in [-0.2, 0) is 4.74 Å². The number of hydrogen-bond acceptors (Lipinski definition) is 6. The number of nitrogens with zero attached hydrogens (tertiary/aromatic N) is 4. The van der Waals surface area contributed by atoms with Crippen LogP contribution in [0.1, 0.15) is 29.6 Å². The Bertz CT molecular complexity index is 697. The maximum absolute atomic E-state index is 12.5. The van der Waals surface area contributed by atoms with Crippen LogP contribution in [0.25, 0.3) is 0 Å². The topological polar surface area (TPSA) is 69.5 Å². The summed E-state index contributed by atoms with van der Waals surface area (Å²) in [6.45, 7) is 5.57. The molecule has 1 atom stereocenters. The van der Waals surface area contributed by atoms with Crippen LogP contribution in [0.5, 0.6) is 0 Å². The molecule has 0 saturated carbocycles. The maximum atomic E-state index is 12.5. The van der Waals surface area contributed by atoms with Gasteiger partial charge >= 0.3 is 6.09 Å². The van der Waals surface area contributed by atoms with Crippen LogP contribution in [0, 0.1) is 0 Å². The molecule has 8 heteroatoms. The first-order chi connectivity index (χ1) is 13.5. The molecule has 0 aromatic carbocycles. The summed E-state index contributed by atoms with van der Waals surface area (Å²) >= 11 is 0. The second-order valence-corrected chi connectivity index (χ2v) is 8.48. The van der Waals surface area contributed by atoms with Crippen molar-refractivity contribution in [1.82, 2.24) is 19.6 Å². The molecule has 3 saturated heterocycles. The van der Waals surface area contributed by atoms with Crippen LogP contribution in [0.4, 0.5) is 4.79 Å². The number of rotatable bonds is 5. The normalized spacial score (nSPS) is 25.1. The highest BCUT2D eigenvalue weighted by Crippen LogP contribution is 2.33. The third kappa shape index (κ3) is 3.89. The predicted molar refractivity (Wildman–Crippen MR) is 103 cm³/mol. The third-order valence-electron chi connectivity index (χ3n) is 6.43. The minimum Gasteiger partial charge on any atom is -0.472 e. The lowest BCUT2D eigenvalue weighted by Crippen LogP contribution is -2.49. The molecule has 3 aliphatic rings. The van der Waals surface area contributed by atoms with Gasteiger partial charge in [0, 0.05) is 51.6 Å². The average Bonchev–Trinajstić information content (AvgIpc) is 3.41. The zero-order valence-electron chi connectivity index (χ0n) is 16.8. The van der Waals surface area contributed by atoms with E-state index in [1.807, 2.05) is 9.80 Å². The molecule has 0 unspecified atom stereocenters. The molecule has 3 aliphatic heterocycles. The van der Waals surface area contributed by atoms with Crippen LogP contribution in [-0.4, -0.2) is 103 Å². The van der Waals surface area contributed by atoms with Crippen LogP contribution < -0.4 is 0 Å². The first kappa shape index (κ1) is 19.3. The molecular weight excluding hydrogens is 360 g/mol. The largest absolute Gasteiger partial charge is 0.472 e. The van der Waals surface area contributed by atoms with Gasteiger partial charge in [0.05, 0.1) is 18.4 Å². The molecule has 0 bridgehead atoms. The summed E-state index contributed by atoms with van der Waals surface area (Å²) in [4.78, 5) is 33.2. The molecule has 0 radical (unpaired) electrons. The van der Waals surface area contributed by atoms with Crippen LogP contribution in [0.2, 0.25) is 0 Å². The molecule has 3 fully saturated rings. The van der Waals surface area contributed by atoms with E-state index in [0.29, 0.717) is 50.6 Å². The van der Waals surface area contributed by atoms with E-state index in [1.54, 1.807) is 6.07 Å². The predicted octanol–water partition coefficient (Wildman–Crippen LogP) is 1.34. The van der Waals surface area contributed by atoms with Gasteiger partial charge in [0.2, 0.25) is 0 Å². The lowest BCUT2D eigenvalue weighted by Gasteiger charge is -2.37. The van der Waals surface area contributed by atoms with Crippen molar-refractivity contribution < 1.29 is 18.7 Å². The first-order valence-corrected chi connectivity index (χ1v) is 10.1. The molecule has 4 heterocycles. The molecule has 154 valence electrons. The highest BCUT2D eigenvalue weighted by Gasteiger charge is 2.47. The fourth-order valence-corrected chi connectivity index (χ4v) is 4.51. The molecule has 1 aromatic heterocycles. The van der Waals surface area contributed by atoms with Gasteiger partial charge in [-0.15, -0.1) is 0 Å². The number of amides is 2. The zero-order chi connectivity index (χ0) is 19.7. The number of carbonyl (C=O) groups is 2. The van der Waals surface area contributed by atoms with E-state index in [2.05, 4.69) is 23.9 Å². The summed E-state index contributed by atoms with van der Waals surface area (Å²) in [5.41, 5.74) is 0.129. The fraction of sp³-hybridized carbons (Fsp3) is 0.700. The zero-order valence-corrected chi connectivity index (χ0v) is 16.8. The van der Waals surface area contributed by atoms with Gasteiger partial charge in [0.15, 0.2) is 0 Å². The lowest BCUT2D eigenvalue weighted by atomic mass is 9.91. The van der Waals surface area contributed by atoms with Crippen molar-refractivity contribution in [3.05, 3.63) is 24.2 Å². The summed E-state index contributed by atoms with van der Waals surface area (Å²) in [6.07, 6.45) is 5.33. The van der Waals surface area contributed by atoms with Gasteiger partial charge in [-0.05, 0) is 33.1 Å². The Balaban J connectivity index is 1.26. The van der Waals surface area contributed by atoms with Crippen LogP contribution in [0.3, 0.4) is 0 Å². The second-order valence-electron chi connectivity index (χ2n) is 8.48. The minimum absolute atomic E-state index is 0.0192. The van der Waals surface area contributed by atoms with Crippen LogP contribution in [0.15, 0.2) is 23.0 Å². The average molecular weight is 390 g/mol. The highest BCUT2D eigenvalue weighted by atomic mass is 16.6. The molecule has 8 nitrogen and oxygen atoms in total. The Kier molecular flexibility index (Phi) is 5.33. The van der Waals surface area contributed by atoms with Crippen molar-refractivity contribution in [3.63, 3.8) is 0 Å². The fourth-order valence-electron chi connectivity index (χ4n) is 4.51. The summed E-state index contributed by atoms with van der Waals surface area (Å²) in [6, 6.07) is 2.29. The van der Waals surface area contributed by atoms with Crippen LogP contribution >= 0.6 is 0 Å². The van der Waals surface area contributed by atoms with E-state index in [0.717, 1.165) is 19.6 Å². The standard InChI is InChI=1S/C20H30N4O4/c1-21(2)17-3-7-22(13-17)10-11-24-15-20(28-19(24)26)5-8-23(9-6-20)18(25)16-4-12-27-14-16/h4,12,14,17H,3,5-11,13,15H2,1-2H3/t17-/m0/s1. The molecular formula is C20H30N4O4. The summed E-state index contributed by atoms with van der Waals surface area (Å²) in [7, 11) is 4.25. The van der Waals surface area contributed by atoms with Gasteiger partial charge in [-0.3, -0.25) is 9.69 Å². The molecule has 0 aliphatic carbocycles. The first-order valence-electron chi connectivity index (χ1n) is 10.1. The number of ether oxygens (including phenoxy) is 1. The Hall–Kier alpha value is -2.06. The molecule has 4 rings (SSSR count). The quantitative estimate of drug-likeness (QED) is 0.756. The summed E-state index contributed by atoms with van der Waals surface area (Å²) < 4.78 is 10.8. The smallest absolute Gasteiger partial charge is 0.410 e. The lowest BCUT2D eigenvalue weighted by molar-refractivity contribution is 0.00311. The molecule has 2 amide bonds. The number of likely N-dealkylation sites (tertiary alicyclic amines) is 2. The molecule has 1 aromatic rings. The Morgan fingerprint density at radius 1 is 1.25 bits per heavy atom. The van der Waals surface area contributed by atoms with Crippen molar-refractivity contribution in [3.8, 4) is 0 Å². The second kappa shape index (κ2) is 7.75. The number of hydrogen-bond donors (Lipinski definition) is 0. The van der Waals surface area contributed by atoms with Gasteiger partial charge < -0.3 is 23.9 Å². The summed E-state index contributed by atoms with van der Waals surface area (Å²) in [5, 5.41) is 0. The number of likely N-dealkylation sites (N-methyl/N-ethyl adjacent to an activating group) is 1. The van der Waals surface area contributed by atoms with E-state index in [1.165, 1.54) is 18.9 Å². The Morgan fingerprint density at radius 3 is 2.68 bits per heavy atom. The molecule has 0 N–H and O–H groups in total. The van der Waals surface area contributed by atoms with Gasteiger partial charge in [-0.1, -0.05) is 0 Å². The maximum Gasteiger partial charge on any atom is 0.410 e. The van der Waals surface area contributed by atoms with Crippen molar-refractivity contribution >= 4 is 12.0 Å². The van der Waals surface area contributed by atoms with Crippen molar-refractivity contribution in [1.29, 1.82) is 0 Å². The minimum atomic E-state index is -0.443. The van der Waals surface area contributed by atoms with Gasteiger partial charge in [0.25, 0.3) is 5.91 Å². The van der Waals surface area contributed by atoms with Gasteiger partial charge in [0.1, 0.15) is 11.9 Å². The van der Waals surface area contributed by atoms with E-state index in [9.17, 15) is 9.59 Å². The summed E-state index contributed by atoms with van der Waals surface area (Å²) in [5.74, 6) is -0.0192. The number of piperidine rings is 1. The molecule has 1 spiro atoms. The van der Waals surface area contributed by atoms with E-state index in [4.69, 9.17) is 9.15 Å². The van der Waals surface area contributed by atoms with E-state index < -0.39 is 5.60 Å². The van der Waals surface area contributed by atoms with Gasteiger partial charge in [-0.25, -0.2) is 4.79 Å². The Labute approximate surface area is 166 Å². The molecule has 28 heavy (non-hydrogen) atoms. The highest BCUT2D eigenvalue weighted by molar-refractivity contribution is 5.93. The number of furan rings is 1. The van der Waals surface area contributed by atoms with Crippen molar-refractivity contribution in [2.24, 2.45) is 0 Å². The van der Waals surface area contributed by atoms with E-state index >= 15 is 0 Å². The number of carbonyl (C=O) groups excluding carboxylic acids is 2. The third-order valence-corrected chi connectivity index (χ3v) is 6.43. The Morgan fingerprint density at radius 2 is 2.04 bits per heavy atom. The van der Waals surface area contributed by atoms with E-state index in [-0.39, 0.29) is 12.0 Å². The monoisotopic (exact) mass is 390 g/mol. The van der Waals surface area contributed by atoms with Crippen molar-refractivity contribution in [2.45, 2.75) is 30.9 Å². The van der Waals surface area contributed by atoms with Crippen molar-refractivity contribution in [2.75, 3.05) is 59.9 Å². The SMILES string of the molecule is CN(C)[C@H]1CCN(CCN2CC3(CCN(C(=O)c4ccoc4)CC3)OC2=O)C1. The van der Waals surface area contributed by atoms with Gasteiger partial charge in [-0.2, -0.15) is 0 Å².